The molecule has 0 unspecified atom stereocenters. The van der Waals surface area contributed by atoms with Crippen LogP contribution in [0.5, 0.6) is 17.2 Å². The van der Waals surface area contributed by atoms with E-state index in [4.69, 9.17) is 19.2 Å². The Hall–Kier alpha value is -3.98. The number of fused-ring (bicyclic) bond motifs is 1. The number of methoxy groups -OCH3 is 1. The first-order valence-corrected chi connectivity index (χ1v) is 11.7. The second kappa shape index (κ2) is 9.71. The van der Waals surface area contributed by atoms with Gasteiger partial charge in [-0.2, -0.15) is 12.6 Å². The molecule has 3 heterocycles. The van der Waals surface area contributed by atoms with Crippen molar-refractivity contribution in [1.82, 2.24) is 20.3 Å². The molecule has 5 rings (SSSR count). The standard InChI is InChI=1S/C26H24N4O4S/c1-15-4-3-5-19(28-15)25-24(17-7-9-20-22(11-17)34-14-33-20)29-23(30-25)12-27-26(31)18-8-6-16(13-35)10-21(18)32-2/h3-11,35H,12-14H2,1-2H3,(H,27,31)(H,29,30). The number of ether oxygens (including phenoxy) is 3. The third kappa shape index (κ3) is 4.67. The molecule has 0 bridgehead atoms. The Morgan fingerprint density at radius 1 is 1.11 bits per heavy atom. The summed E-state index contributed by atoms with van der Waals surface area (Å²) in [5.74, 6) is 2.76. The largest absolute Gasteiger partial charge is 0.496 e. The number of pyridine rings is 1. The fourth-order valence-electron chi connectivity index (χ4n) is 3.91. The maximum atomic E-state index is 12.9. The molecular weight excluding hydrogens is 464 g/mol. The molecule has 0 aliphatic carbocycles. The fraction of sp³-hybridized carbons (Fsp3) is 0.192. The number of benzene rings is 2. The SMILES string of the molecule is COc1cc(CS)ccc1C(=O)NCc1nc(-c2ccc3c(c2)OCO3)c(-c2cccc(C)n2)[nH]1. The molecular formula is C26H24N4O4S. The van der Waals surface area contributed by atoms with Crippen LogP contribution in [0.1, 0.15) is 27.4 Å². The molecule has 0 saturated carbocycles. The summed E-state index contributed by atoms with van der Waals surface area (Å²) in [6.45, 7) is 2.33. The number of thiol groups is 1. The van der Waals surface area contributed by atoms with Crippen LogP contribution in [0.3, 0.4) is 0 Å². The molecule has 1 amide bonds. The molecule has 178 valence electrons. The molecule has 0 spiro atoms. The zero-order valence-electron chi connectivity index (χ0n) is 19.3. The topological polar surface area (TPSA) is 98.4 Å². The first-order valence-electron chi connectivity index (χ1n) is 11.0. The summed E-state index contributed by atoms with van der Waals surface area (Å²) < 4.78 is 16.4. The Kier molecular flexibility index (Phi) is 6.33. The van der Waals surface area contributed by atoms with Crippen LogP contribution in [0.25, 0.3) is 22.6 Å². The van der Waals surface area contributed by atoms with Crippen LogP contribution in [0.15, 0.2) is 54.6 Å². The number of aryl methyl sites for hydroxylation is 1. The summed E-state index contributed by atoms with van der Waals surface area (Å²) in [4.78, 5) is 25.7. The molecule has 0 fully saturated rings. The van der Waals surface area contributed by atoms with Crippen molar-refractivity contribution in [2.45, 2.75) is 19.2 Å². The summed E-state index contributed by atoms with van der Waals surface area (Å²) in [5.41, 5.74) is 5.38. The third-order valence-electron chi connectivity index (χ3n) is 5.65. The number of imidazole rings is 1. The smallest absolute Gasteiger partial charge is 0.255 e. The van der Waals surface area contributed by atoms with E-state index in [1.165, 1.54) is 0 Å². The zero-order valence-corrected chi connectivity index (χ0v) is 20.2. The Labute approximate surface area is 208 Å². The Balaban J connectivity index is 1.45. The van der Waals surface area contributed by atoms with E-state index in [1.807, 2.05) is 55.5 Å². The number of hydrogen-bond acceptors (Lipinski definition) is 7. The summed E-state index contributed by atoms with van der Waals surface area (Å²) in [7, 11) is 1.54. The van der Waals surface area contributed by atoms with Crippen molar-refractivity contribution < 1.29 is 19.0 Å². The average molecular weight is 489 g/mol. The minimum absolute atomic E-state index is 0.194. The van der Waals surface area contributed by atoms with E-state index in [-0.39, 0.29) is 19.2 Å². The van der Waals surface area contributed by atoms with Crippen LogP contribution in [0, 0.1) is 6.92 Å². The number of hydrogen-bond donors (Lipinski definition) is 3. The maximum Gasteiger partial charge on any atom is 0.255 e. The van der Waals surface area contributed by atoms with E-state index in [0.29, 0.717) is 40.1 Å². The van der Waals surface area contributed by atoms with Crippen molar-refractivity contribution in [3.05, 3.63) is 77.2 Å². The van der Waals surface area contributed by atoms with Crippen molar-refractivity contribution in [3.8, 4) is 39.9 Å². The molecule has 2 aromatic carbocycles. The monoisotopic (exact) mass is 488 g/mol. The number of aromatic amines is 1. The van der Waals surface area contributed by atoms with Crippen molar-refractivity contribution in [2.75, 3.05) is 13.9 Å². The molecule has 9 heteroatoms. The lowest BCUT2D eigenvalue weighted by Crippen LogP contribution is -2.24. The van der Waals surface area contributed by atoms with Gasteiger partial charge in [0, 0.05) is 17.0 Å². The van der Waals surface area contributed by atoms with Crippen LogP contribution >= 0.6 is 12.6 Å². The first-order chi connectivity index (χ1) is 17.1. The summed E-state index contributed by atoms with van der Waals surface area (Å²) in [5, 5.41) is 2.93. The number of nitrogens with one attached hydrogen (secondary N) is 2. The number of aromatic nitrogens is 3. The van der Waals surface area contributed by atoms with Crippen LogP contribution in [-0.2, 0) is 12.3 Å². The number of carbonyl (C=O) groups excluding carboxylic acids is 1. The molecule has 0 atom stereocenters. The van der Waals surface area contributed by atoms with E-state index in [0.717, 1.165) is 28.2 Å². The highest BCUT2D eigenvalue weighted by Gasteiger charge is 2.20. The lowest BCUT2D eigenvalue weighted by molar-refractivity contribution is 0.0947. The quantitative estimate of drug-likeness (QED) is 0.330. The van der Waals surface area contributed by atoms with Gasteiger partial charge in [-0.05, 0) is 55.0 Å². The number of carbonyl (C=O) groups is 1. The van der Waals surface area contributed by atoms with Crippen molar-refractivity contribution in [1.29, 1.82) is 0 Å². The molecule has 8 nitrogen and oxygen atoms in total. The van der Waals surface area contributed by atoms with Gasteiger partial charge in [-0.15, -0.1) is 0 Å². The summed E-state index contributed by atoms with van der Waals surface area (Å²) in [6.07, 6.45) is 0. The van der Waals surface area contributed by atoms with Gasteiger partial charge in [0.05, 0.1) is 36.3 Å². The molecule has 1 aliphatic heterocycles. The van der Waals surface area contributed by atoms with E-state index < -0.39 is 0 Å². The highest BCUT2D eigenvalue weighted by Crippen LogP contribution is 2.38. The van der Waals surface area contributed by atoms with E-state index in [2.05, 4.69) is 27.9 Å². The highest BCUT2D eigenvalue weighted by atomic mass is 32.1. The Bertz CT molecular complexity index is 1400. The fourth-order valence-corrected chi connectivity index (χ4v) is 4.10. The zero-order chi connectivity index (χ0) is 24.4. The highest BCUT2D eigenvalue weighted by molar-refractivity contribution is 7.79. The second-order valence-corrected chi connectivity index (χ2v) is 8.33. The maximum absolute atomic E-state index is 12.9. The van der Waals surface area contributed by atoms with Gasteiger partial charge in [-0.3, -0.25) is 9.78 Å². The van der Waals surface area contributed by atoms with Crippen molar-refractivity contribution in [3.63, 3.8) is 0 Å². The lowest BCUT2D eigenvalue weighted by Gasteiger charge is -2.10. The predicted molar refractivity (Wildman–Crippen MR) is 135 cm³/mol. The summed E-state index contributed by atoms with van der Waals surface area (Å²) >= 11 is 4.28. The second-order valence-electron chi connectivity index (χ2n) is 8.01. The molecule has 0 radical (unpaired) electrons. The Morgan fingerprint density at radius 3 is 2.77 bits per heavy atom. The lowest BCUT2D eigenvalue weighted by atomic mass is 10.1. The van der Waals surface area contributed by atoms with Crippen molar-refractivity contribution in [2.24, 2.45) is 0 Å². The van der Waals surface area contributed by atoms with E-state index >= 15 is 0 Å². The van der Waals surface area contributed by atoms with E-state index in [1.54, 1.807) is 13.2 Å². The van der Waals surface area contributed by atoms with Gasteiger partial charge in [-0.25, -0.2) is 4.98 Å². The van der Waals surface area contributed by atoms with Crippen LogP contribution in [0.2, 0.25) is 0 Å². The summed E-state index contributed by atoms with van der Waals surface area (Å²) in [6, 6.07) is 16.9. The van der Waals surface area contributed by atoms with Gasteiger partial charge < -0.3 is 24.5 Å². The van der Waals surface area contributed by atoms with Gasteiger partial charge in [0.2, 0.25) is 6.79 Å². The van der Waals surface area contributed by atoms with Gasteiger partial charge in [0.15, 0.2) is 11.5 Å². The Morgan fingerprint density at radius 2 is 1.97 bits per heavy atom. The normalized spacial score (nSPS) is 12.0. The van der Waals surface area contributed by atoms with Crippen molar-refractivity contribution >= 4 is 18.5 Å². The van der Waals surface area contributed by atoms with Gasteiger partial charge >= 0.3 is 0 Å². The molecule has 2 aromatic heterocycles. The van der Waals surface area contributed by atoms with Gasteiger partial charge in [-0.1, -0.05) is 12.1 Å². The number of nitrogens with zero attached hydrogens (tertiary/aromatic N) is 2. The average Bonchev–Trinajstić information content (AvgIpc) is 3.53. The number of amides is 1. The van der Waals surface area contributed by atoms with Crippen LogP contribution in [-0.4, -0.2) is 34.8 Å². The first kappa shape index (κ1) is 22.8. The van der Waals surface area contributed by atoms with Crippen LogP contribution in [0.4, 0.5) is 0 Å². The van der Waals surface area contributed by atoms with Gasteiger partial charge in [0.25, 0.3) is 5.91 Å². The molecule has 4 aromatic rings. The van der Waals surface area contributed by atoms with Crippen LogP contribution < -0.4 is 19.5 Å². The minimum atomic E-state index is -0.260. The predicted octanol–water partition coefficient (Wildman–Crippen LogP) is 4.54. The molecule has 0 saturated heterocycles. The number of rotatable bonds is 7. The molecule has 35 heavy (non-hydrogen) atoms. The minimum Gasteiger partial charge on any atom is -0.496 e. The van der Waals surface area contributed by atoms with Gasteiger partial charge in [0.1, 0.15) is 11.6 Å². The molecule has 1 aliphatic rings. The third-order valence-corrected chi connectivity index (χ3v) is 6.02. The van der Waals surface area contributed by atoms with E-state index in [9.17, 15) is 4.79 Å². The molecule has 2 N–H and O–H groups in total. The number of H-pyrrole nitrogens is 1.